The highest BCUT2D eigenvalue weighted by atomic mass is 19.4. The number of nitrogens with one attached hydrogen (secondary N) is 1. The van der Waals surface area contributed by atoms with Crippen molar-refractivity contribution in [2.75, 3.05) is 0 Å². The fourth-order valence-corrected chi connectivity index (χ4v) is 4.44. The van der Waals surface area contributed by atoms with Crippen LogP contribution in [0.5, 0.6) is 0 Å². The van der Waals surface area contributed by atoms with Gasteiger partial charge < -0.3 is 14.6 Å². The summed E-state index contributed by atoms with van der Waals surface area (Å²) in [6, 6.07) is 6.16. The first-order valence-corrected chi connectivity index (χ1v) is 10.4. The van der Waals surface area contributed by atoms with E-state index >= 15 is 0 Å². The zero-order valence-corrected chi connectivity index (χ0v) is 17.6. The number of hydrogen-bond acceptors (Lipinski definition) is 4. The maximum atomic E-state index is 13.2. The minimum absolute atomic E-state index is 0.00220. The van der Waals surface area contributed by atoms with Crippen LogP contribution in [0.2, 0.25) is 0 Å². The van der Waals surface area contributed by atoms with E-state index in [4.69, 9.17) is 9.63 Å². The Kier molecular flexibility index (Phi) is 5.15. The number of alkyl halides is 6. The summed E-state index contributed by atoms with van der Waals surface area (Å²) in [5, 5.41) is 13.7. The molecule has 2 N–H and O–H groups in total. The molecule has 1 unspecified atom stereocenters. The molecule has 35 heavy (non-hydrogen) atoms. The van der Waals surface area contributed by atoms with Crippen molar-refractivity contribution in [2.45, 2.75) is 37.5 Å². The van der Waals surface area contributed by atoms with E-state index < -0.39 is 40.9 Å². The third-order valence-electron chi connectivity index (χ3n) is 6.03. The normalized spacial score (nSPS) is 16.1. The van der Waals surface area contributed by atoms with E-state index in [-0.39, 0.29) is 24.2 Å². The van der Waals surface area contributed by atoms with Gasteiger partial charge in [-0.15, -0.1) is 0 Å². The number of benzene rings is 2. The van der Waals surface area contributed by atoms with Crippen molar-refractivity contribution in [1.29, 1.82) is 0 Å². The van der Waals surface area contributed by atoms with Crippen LogP contribution in [0.4, 0.5) is 26.3 Å². The van der Waals surface area contributed by atoms with Crippen LogP contribution in [0.1, 0.15) is 41.1 Å². The maximum Gasteiger partial charge on any atom is 0.416 e. The van der Waals surface area contributed by atoms with Crippen LogP contribution in [-0.2, 0) is 23.6 Å². The number of hydrogen-bond donors (Lipinski definition) is 2. The number of nitrogens with zero attached hydrogens (tertiary/aromatic N) is 2. The number of carboxylic acid groups (broad SMARTS) is 1. The van der Waals surface area contributed by atoms with Gasteiger partial charge in [-0.05, 0) is 54.8 Å². The Morgan fingerprint density at radius 1 is 1.03 bits per heavy atom. The maximum absolute atomic E-state index is 13.2. The van der Waals surface area contributed by atoms with Gasteiger partial charge >= 0.3 is 18.3 Å². The zero-order valence-electron chi connectivity index (χ0n) is 17.6. The number of aromatic amines is 1. The fraction of sp³-hybridized carbons (Fsp3) is 0.261. The van der Waals surface area contributed by atoms with Crippen LogP contribution in [0.15, 0.2) is 40.9 Å². The highest BCUT2D eigenvalue weighted by molar-refractivity contribution is 5.89. The van der Waals surface area contributed by atoms with E-state index in [2.05, 4.69) is 15.1 Å². The lowest BCUT2D eigenvalue weighted by atomic mass is 10.0. The van der Waals surface area contributed by atoms with E-state index in [9.17, 15) is 31.1 Å². The second kappa shape index (κ2) is 7.85. The summed E-state index contributed by atoms with van der Waals surface area (Å²) in [5.41, 5.74) is -0.457. The van der Waals surface area contributed by atoms with E-state index in [0.717, 1.165) is 22.2 Å². The lowest BCUT2D eigenvalue weighted by Gasteiger charge is -2.12. The summed E-state index contributed by atoms with van der Waals surface area (Å²) in [4.78, 5) is 18.4. The van der Waals surface area contributed by atoms with Gasteiger partial charge in [-0.25, -0.2) is 0 Å². The van der Waals surface area contributed by atoms with E-state index in [1.54, 1.807) is 18.2 Å². The predicted octanol–water partition coefficient (Wildman–Crippen LogP) is 6.43. The third-order valence-corrected chi connectivity index (χ3v) is 6.03. The van der Waals surface area contributed by atoms with Gasteiger partial charge in [0.25, 0.3) is 5.89 Å². The van der Waals surface area contributed by atoms with Crippen LogP contribution >= 0.6 is 0 Å². The Hall–Kier alpha value is -3.83. The Bertz CT molecular complexity index is 1420. The highest BCUT2D eigenvalue weighted by Gasteiger charge is 2.37. The number of halogens is 6. The van der Waals surface area contributed by atoms with Crippen molar-refractivity contribution in [3.8, 4) is 22.8 Å². The molecule has 1 aliphatic rings. The number of fused-ring (bicyclic) bond motifs is 3. The molecular formula is C23H15F6N3O3. The second-order valence-electron chi connectivity index (χ2n) is 8.33. The fourth-order valence-electron chi connectivity index (χ4n) is 4.44. The molecular weight excluding hydrogens is 480 g/mol. The minimum Gasteiger partial charge on any atom is -0.481 e. The summed E-state index contributed by atoms with van der Waals surface area (Å²) >= 11 is 0. The first kappa shape index (κ1) is 22.9. The number of aryl methyl sites for hydroxylation is 1. The van der Waals surface area contributed by atoms with Crippen molar-refractivity contribution in [3.05, 3.63) is 58.8 Å². The van der Waals surface area contributed by atoms with Crippen LogP contribution in [0, 0.1) is 0 Å². The van der Waals surface area contributed by atoms with Crippen LogP contribution < -0.4 is 0 Å². The molecule has 0 saturated heterocycles. The molecule has 1 atom stereocenters. The van der Waals surface area contributed by atoms with Gasteiger partial charge in [0.15, 0.2) is 0 Å². The van der Waals surface area contributed by atoms with Gasteiger partial charge in [0.1, 0.15) is 0 Å². The molecule has 1 aliphatic carbocycles. The molecule has 182 valence electrons. The molecule has 2 heterocycles. The number of carbonyl (C=O) groups is 1. The molecule has 0 radical (unpaired) electrons. The van der Waals surface area contributed by atoms with E-state index in [0.29, 0.717) is 30.5 Å². The molecule has 0 fully saturated rings. The third kappa shape index (κ3) is 4.24. The molecule has 4 aromatic rings. The first-order valence-electron chi connectivity index (χ1n) is 10.4. The molecule has 0 saturated carbocycles. The zero-order chi connectivity index (χ0) is 25.1. The van der Waals surface area contributed by atoms with Crippen molar-refractivity contribution < 1.29 is 40.8 Å². The monoisotopic (exact) mass is 495 g/mol. The largest absolute Gasteiger partial charge is 0.481 e. The van der Waals surface area contributed by atoms with Crippen LogP contribution in [-0.4, -0.2) is 26.2 Å². The second-order valence-corrected chi connectivity index (χ2v) is 8.33. The molecule has 2 aromatic heterocycles. The smallest absolute Gasteiger partial charge is 0.416 e. The summed E-state index contributed by atoms with van der Waals surface area (Å²) in [5.74, 6) is -1.54. The Morgan fingerprint density at radius 2 is 1.71 bits per heavy atom. The molecule has 6 nitrogen and oxygen atoms in total. The van der Waals surface area contributed by atoms with Gasteiger partial charge in [-0.1, -0.05) is 5.16 Å². The Morgan fingerprint density at radius 3 is 2.34 bits per heavy atom. The van der Waals surface area contributed by atoms with E-state index in [1.807, 2.05) is 0 Å². The van der Waals surface area contributed by atoms with Gasteiger partial charge in [0.05, 0.1) is 17.5 Å². The molecule has 0 bridgehead atoms. The molecule has 2 aromatic carbocycles. The minimum atomic E-state index is -5.00. The first-order chi connectivity index (χ1) is 16.4. The van der Waals surface area contributed by atoms with Gasteiger partial charge in [-0.2, -0.15) is 31.3 Å². The summed E-state index contributed by atoms with van der Waals surface area (Å²) in [6.07, 6.45) is -8.67. The summed E-state index contributed by atoms with van der Waals surface area (Å²) in [7, 11) is 0. The van der Waals surface area contributed by atoms with Gasteiger partial charge in [-0.3, -0.25) is 4.79 Å². The molecule has 0 spiro atoms. The quantitative estimate of drug-likeness (QED) is 0.319. The lowest BCUT2D eigenvalue weighted by molar-refractivity contribution is -0.143. The number of aliphatic carboxylic acids is 1. The highest BCUT2D eigenvalue weighted by Crippen LogP contribution is 2.41. The van der Waals surface area contributed by atoms with Gasteiger partial charge in [0, 0.05) is 33.6 Å². The van der Waals surface area contributed by atoms with Crippen molar-refractivity contribution in [1.82, 2.24) is 15.1 Å². The Balaban J connectivity index is 1.53. The number of rotatable bonds is 4. The predicted molar refractivity (Wildman–Crippen MR) is 110 cm³/mol. The SMILES string of the molecule is O=C(O)CC1CCc2c1[nH]c1ccc(-c3noc(-c4cc(C(F)(F)F)cc(C(F)(F)F)c4)n3)cc21. The topological polar surface area (TPSA) is 92.0 Å². The number of H-pyrrole nitrogens is 1. The standard InChI is InChI=1S/C23H15F6N3O3/c24-22(25,26)13-5-12(6-14(9-13)23(27,28)29)21-31-20(32-35-21)11-2-4-17-16(7-11)15-3-1-10(8-18(33)34)19(15)30-17/h2,4-7,9-10,30H,1,3,8H2,(H,33,34). The number of carboxylic acids is 1. The molecule has 0 amide bonds. The van der Waals surface area contributed by atoms with Crippen molar-refractivity contribution >= 4 is 16.9 Å². The summed E-state index contributed by atoms with van der Waals surface area (Å²) in [6.45, 7) is 0. The average Bonchev–Trinajstić information content (AvgIpc) is 3.48. The molecule has 0 aliphatic heterocycles. The van der Waals surface area contributed by atoms with Crippen molar-refractivity contribution in [2.24, 2.45) is 0 Å². The lowest BCUT2D eigenvalue weighted by Crippen LogP contribution is -2.11. The van der Waals surface area contributed by atoms with Gasteiger partial charge in [0.2, 0.25) is 5.82 Å². The molecule has 5 rings (SSSR count). The van der Waals surface area contributed by atoms with Crippen LogP contribution in [0.3, 0.4) is 0 Å². The Labute approximate surface area is 192 Å². The van der Waals surface area contributed by atoms with Crippen molar-refractivity contribution in [3.63, 3.8) is 0 Å². The van der Waals surface area contributed by atoms with E-state index in [1.165, 1.54) is 0 Å². The molecule has 12 heteroatoms. The number of aromatic nitrogens is 3. The van der Waals surface area contributed by atoms with Crippen LogP contribution in [0.25, 0.3) is 33.7 Å². The summed E-state index contributed by atoms with van der Waals surface area (Å²) < 4.78 is 84.1. The average molecular weight is 495 g/mol.